The van der Waals surface area contributed by atoms with Gasteiger partial charge in [-0.25, -0.2) is 0 Å². The summed E-state index contributed by atoms with van der Waals surface area (Å²) in [5.74, 6) is 1.25. The summed E-state index contributed by atoms with van der Waals surface area (Å²) in [6, 6.07) is 3.52. The van der Waals surface area contributed by atoms with Crippen LogP contribution >= 0.6 is 11.3 Å². The van der Waals surface area contributed by atoms with Crippen molar-refractivity contribution in [3.8, 4) is 17.2 Å². The number of hydrogen-bond donors (Lipinski definition) is 1. The molecule has 8 heteroatoms. The van der Waals surface area contributed by atoms with Crippen LogP contribution in [-0.4, -0.2) is 37.4 Å². The maximum atomic E-state index is 12.2. The third kappa shape index (κ3) is 5.96. The number of rotatable bonds is 7. The smallest absolute Gasteiger partial charge is 0.250 e. The van der Waals surface area contributed by atoms with Crippen molar-refractivity contribution < 1.29 is 19.0 Å². The van der Waals surface area contributed by atoms with Crippen LogP contribution < -0.4 is 19.5 Å². The summed E-state index contributed by atoms with van der Waals surface area (Å²) in [5.41, 5.74) is 0.859. The van der Waals surface area contributed by atoms with E-state index >= 15 is 0 Å². The second-order valence-electron chi connectivity index (χ2n) is 7.02. The van der Waals surface area contributed by atoms with Gasteiger partial charge >= 0.3 is 0 Å². The average Bonchev–Trinajstić information content (AvgIpc) is 3.03. The Morgan fingerprint density at radius 2 is 1.74 bits per heavy atom. The summed E-state index contributed by atoms with van der Waals surface area (Å²) in [7, 11) is 4.63. The van der Waals surface area contributed by atoms with Crippen molar-refractivity contribution in [1.82, 2.24) is 10.2 Å². The zero-order valence-electron chi connectivity index (χ0n) is 16.5. The molecule has 2 rings (SSSR count). The minimum absolute atomic E-state index is 0.118. The molecule has 0 bridgehead atoms. The number of anilines is 1. The van der Waals surface area contributed by atoms with Crippen molar-refractivity contribution in [1.29, 1.82) is 0 Å². The maximum Gasteiger partial charge on any atom is 0.250 e. The van der Waals surface area contributed by atoms with E-state index in [0.717, 1.165) is 17.0 Å². The highest BCUT2D eigenvalue weighted by molar-refractivity contribution is 7.15. The monoisotopic (exact) mass is 391 g/mol. The number of aromatic nitrogens is 2. The molecule has 0 aliphatic heterocycles. The van der Waals surface area contributed by atoms with Crippen LogP contribution in [0.4, 0.5) is 5.13 Å². The zero-order chi connectivity index (χ0) is 20.0. The van der Waals surface area contributed by atoms with Crippen LogP contribution in [0.1, 0.15) is 31.3 Å². The molecule has 0 atom stereocenters. The molecule has 1 heterocycles. The predicted molar refractivity (Wildman–Crippen MR) is 107 cm³/mol. The van der Waals surface area contributed by atoms with Gasteiger partial charge in [-0.3, -0.25) is 10.1 Å². The Hall–Kier alpha value is -2.61. The van der Waals surface area contributed by atoms with Gasteiger partial charge in [-0.15, -0.1) is 10.2 Å². The van der Waals surface area contributed by atoms with Crippen molar-refractivity contribution in [2.45, 2.75) is 27.2 Å². The lowest BCUT2D eigenvalue weighted by atomic mass is 9.93. The molecular formula is C19H25N3O4S. The van der Waals surface area contributed by atoms with Crippen molar-refractivity contribution in [3.63, 3.8) is 0 Å². The zero-order valence-corrected chi connectivity index (χ0v) is 17.3. The van der Waals surface area contributed by atoms with Crippen LogP contribution in [0.3, 0.4) is 0 Å². The minimum Gasteiger partial charge on any atom is -0.493 e. The standard InChI is InChI=1S/C19H25N3O4S/c1-19(2,3)11-16-21-22-18(27-16)20-15(23)8-7-12-9-13(24-4)17(26-6)14(10-12)25-5/h7-10H,11H2,1-6H3,(H,20,22,23)/b8-7+. The van der Waals surface area contributed by atoms with Gasteiger partial charge in [0.25, 0.3) is 0 Å². The topological polar surface area (TPSA) is 82.6 Å². The van der Waals surface area contributed by atoms with Crippen LogP contribution in [-0.2, 0) is 11.2 Å². The molecule has 1 amide bonds. The highest BCUT2D eigenvalue weighted by Crippen LogP contribution is 2.38. The van der Waals surface area contributed by atoms with Gasteiger partial charge in [0, 0.05) is 12.5 Å². The molecule has 0 saturated heterocycles. The van der Waals surface area contributed by atoms with Crippen LogP contribution in [0.5, 0.6) is 17.2 Å². The Bertz CT molecular complexity index is 800. The lowest BCUT2D eigenvalue weighted by molar-refractivity contribution is -0.111. The lowest BCUT2D eigenvalue weighted by Gasteiger charge is -2.14. The number of carbonyl (C=O) groups is 1. The molecule has 0 radical (unpaired) electrons. The maximum absolute atomic E-state index is 12.2. The first-order valence-corrected chi connectivity index (χ1v) is 9.19. The summed E-state index contributed by atoms with van der Waals surface area (Å²) in [6.07, 6.45) is 3.89. The molecule has 146 valence electrons. The molecule has 2 aromatic rings. The Balaban J connectivity index is 2.08. The van der Waals surface area contributed by atoms with E-state index in [1.165, 1.54) is 17.4 Å². The third-order valence-corrected chi connectivity index (χ3v) is 4.33. The van der Waals surface area contributed by atoms with Gasteiger partial charge in [-0.05, 0) is 29.2 Å². The molecule has 7 nitrogen and oxygen atoms in total. The number of nitrogens with zero attached hydrogens (tertiary/aromatic N) is 2. The summed E-state index contributed by atoms with van der Waals surface area (Å²) in [5, 5.41) is 12.2. The van der Waals surface area contributed by atoms with Crippen LogP contribution in [0, 0.1) is 5.41 Å². The van der Waals surface area contributed by atoms with Gasteiger partial charge in [-0.2, -0.15) is 0 Å². The van der Waals surface area contributed by atoms with Crippen molar-refractivity contribution in [2.75, 3.05) is 26.6 Å². The minimum atomic E-state index is -0.290. The van der Waals surface area contributed by atoms with Crippen LogP contribution in [0.2, 0.25) is 0 Å². The number of benzene rings is 1. The summed E-state index contributed by atoms with van der Waals surface area (Å²) < 4.78 is 15.9. The fourth-order valence-electron chi connectivity index (χ4n) is 2.35. The molecule has 0 aliphatic carbocycles. The number of methoxy groups -OCH3 is 3. The number of hydrogen-bond acceptors (Lipinski definition) is 7. The SMILES string of the molecule is COc1cc(/C=C/C(=O)Nc2nnc(CC(C)(C)C)s2)cc(OC)c1OC. The first-order valence-electron chi connectivity index (χ1n) is 8.37. The largest absolute Gasteiger partial charge is 0.493 e. The quantitative estimate of drug-likeness (QED) is 0.723. The number of carbonyl (C=O) groups excluding carboxylic acids is 1. The molecule has 0 saturated carbocycles. The van der Waals surface area contributed by atoms with E-state index in [9.17, 15) is 4.79 Å². The lowest BCUT2D eigenvalue weighted by Crippen LogP contribution is -2.08. The second-order valence-corrected chi connectivity index (χ2v) is 8.08. The van der Waals surface area contributed by atoms with Gasteiger partial charge in [0.2, 0.25) is 16.8 Å². The molecule has 1 aromatic carbocycles. The van der Waals surface area contributed by atoms with Gasteiger partial charge in [-0.1, -0.05) is 32.1 Å². The van der Waals surface area contributed by atoms with E-state index in [-0.39, 0.29) is 11.3 Å². The fourth-order valence-corrected chi connectivity index (χ4v) is 3.39. The molecule has 1 aromatic heterocycles. The molecule has 0 unspecified atom stereocenters. The first-order chi connectivity index (χ1) is 12.8. The van der Waals surface area contributed by atoms with E-state index in [2.05, 4.69) is 36.3 Å². The van der Waals surface area contributed by atoms with Crippen molar-refractivity contribution in [2.24, 2.45) is 5.41 Å². The van der Waals surface area contributed by atoms with Gasteiger partial charge < -0.3 is 14.2 Å². The summed E-state index contributed by atoms with van der Waals surface area (Å²) >= 11 is 1.38. The van der Waals surface area contributed by atoms with E-state index in [4.69, 9.17) is 14.2 Å². The third-order valence-electron chi connectivity index (χ3n) is 3.49. The van der Waals surface area contributed by atoms with Crippen molar-refractivity contribution in [3.05, 3.63) is 28.8 Å². The molecule has 0 spiro atoms. The fraction of sp³-hybridized carbons (Fsp3) is 0.421. The van der Waals surface area contributed by atoms with Crippen LogP contribution in [0.25, 0.3) is 6.08 Å². The normalized spacial score (nSPS) is 11.5. The van der Waals surface area contributed by atoms with Gasteiger partial charge in [0.05, 0.1) is 21.3 Å². The van der Waals surface area contributed by atoms with E-state index in [0.29, 0.717) is 22.4 Å². The molecule has 27 heavy (non-hydrogen) atoms. The number of ether oxygens (including phenoxy) is 3. The number of nitrogens with one attached hydrogen (secondary N) is 1. The Morgan fingerprint density at radius 3 is 2.26 bits per heavy atom. The first kappa shape index (κ1) is 20.7. The predicted octanol–water partition coefficient (Wildman–Crippen LogP) is 3.80. The van der Waals surface area contributed by atoms with E-state index in [1.54, 1.807) is 39.5 Å². The van der Waals surface area contributed by atoms with Gasteiger partial charge in [0.1, 0.15) is 5.01 Å². The highest BCUT2D eigenvalue weighted by atomic mass is 32.1. The number of amides is 1. The average molecular weight is 391 g/mol. The Labute approximate surface area is 163 Å². The van der Waals surface area contributed by atoms with E-state index in [1.807, 2.05) is 0 Å². The van der Waals surface area contributed by atoms with Crippen LogP contribution in [0.15, 0.2) is 18.2 Å². The van der Waals surface area contributed by atoms with Crippen molar-refractivity contribution >= 4 is 28.5 Å². The highest BCUT2D eigenvalue weighted by Gasteiger charge is 2.16. The molecule has 0 fully saturated rings. The Morgan fingerprint density at radius 1 is 1.11 bits per heavy atom. The molecular weight excluding hydrogens is 366 g/mol. The molecule has 1 N–H and O–H groups in total. The summed E-state index contributed by atoms with van der Waals surface area (Å²) in [4.78, 5) is 12.2. The van der Waals surface area contributed by atoms with E-state index < -0.39 is 0 Å². The summed E-state index contributed by atoms with van der Waals surface area (Å²) in [6.45, 7) is 6.40. The Kier molecular flexibility index (Phi) is 6.79. The molecule has 0 aliphatic rings. The second kappa shape index (κ2) is 8.85. The van der Waals surface area contributed by atoms with Gasteiger partial charge in [0.15, 0.2) is 11.5 Å².